The fourth-order valence-electron chi connectivity index (χ4n) is 4.76. The van der Waals surface area contributed by atoms with Crippen molar-refractivity contribution in [1.82, 2.24) is 4.90 Å². The highest BCUT2D eigenvalue weighted by molar-refractivity contribution is 6.27. The molecule has 0 saturated carbocycles. The van der Waals surface area contributed by atoms with Crippen LogP contribution in [0.15, 0.2) is 48.5 Å². The van der Waals surface area contributed by atoms with E-state index in [1.165, 1.54) is 19.1 Å². The van der Waals surface area contributed by atoms with E-state index in [-0.39, 0.29) is 23.7 Å². The number of hydrogen-bond donors (Lipinski definition) is 1. The molecule has 0 spiro atoms. The van der Waals surface area contributed by atoms with E-state index in [1.807, 2.05) is 24.3 Å². The fourth-order valence-corrected chi connectivity index (χ4v) is 4.90. The van der Waals surface area contributed by atoms with Gasteiger partial charge in [0.05, 0.1) is 31.9 Å². The van der Waals surface area contributed by atoms with Crippen LogP contribution in [-0.4, -0.2) is 54.9 Å². The summed E-state index contributed by atoms with van der Waals surface area (Å²) < 4.78 is 9.82. The number of esters is 2. The maximum Gasteiger partial charge on any atom is 0.337 e. The third kappa shape index (κ3) is 3.63. The highest BCUT2D eigenvalue weighted by atomic mass is 35.5. The fraction of sp³-hybridized carbons (Fsp3) is 0.348. The standard InChI is InChI=1S/C23H23ClN2O5/c1-30-22(28)14-9-7-13(8-10-14)21-20-16(15-5-3-4-6-17(15)25-20)11-18(23(29)31-2)26(21)19(27)12-24/h3-10,16,18,20-21,25H,11-12H2,1-2H3/t16?,18-,20?,21-/m0/s1. The van der Waals surface area contributed by atoms with Gasteiger partial charge in [0.2, 0.25) is 5.91 Å². The molecule has 1 amide bonds. The number of nitrogens with zero attached hydrogens (tertiary/aromatic N) is 1. The second-order valence-electron chi connectivity index (χ2n) is 7.63. The van der Waals surface area contributed by atoms with E-state index < -0.39 is 24.0 Å². The average Bonchev–Trinajstić information content (AvgIpc) is 3.19. The topological polar surface area (TPSA) is 84.9 Å². The molecule has 2 aliphatic rings. The molecule has 0 bridgehead atoms. The van der Waals surface area contributed by atoms with Crippen molar-refractivity contribution in [2.75, 3.05) is 25.4 Å². The number of alkyl halides is 1. The van der Waals surface area contributed by atoms with Gasteiger partial charge in [-0.25, -0.2) is 9.59 Å². The summed E-state index contributed by atoms with van der Waals surface area (Å²) >= 11 is 5.94. The maximum absolute atomic E-state index is 12.9. The van der Waals surface area contributed by atoms with Crippen LogP contribution in [0.3, 0.4) is 0 Å². The van der Waals surface area contributed by atoms with Gasteiger partial charge in [-0.05, 0) is 35.7 Å². The Balaban J connectivity index is 1.82. The third-order valence-electron chi connectivity index (χ3n) is 6.12. The second kappa shape index (κ2) is 8.59. The molecule has 7 nitrogen and oxygen atoms in total. The van der Waals surface area contributed by atoms with E-state index in [2.05, 4.69) is 5.32 Å². The highest BCUT2D eigenvalue weighted by Gasteiger charge is 2.51. The van der Waals surface area contributed by atoms with E-state index in [4.69, 9.17) is 21.1 Å². The molecule has 1 saturated heterocycles. The summed E-state index contributed by atoms with van der Waals surface area (Å²) in [6, 6.07) is 13.4. The van der Waals surface area contributed by atoms with Crippen LogP contribution in [0.2, 0.25) is 0 Å². The first-order valence-corrected chi connectivity index (χ1v) is 10.5. The van der Waals surface area contributed by atoms with Crippen molar-refractivity contribution in [3.8, 4) is 0 Å². The number of halogens is 1. The van der Waals surface area contributed by atoms with Crippen molar-refractivity contribution in [3.05, 3.63) is 65.2 Å². The molecule has 162 valence electrons. The zero-order chi connectivity index (χ0) is 22.1. The molecule has 0 aromatic heterocycles. The van der Waals surface area contributed by atoms with Crippen LogP contribution in [0.4, 0.5) is 5.69 Å². The van der Waals surface area contributed by atoms with Crippen LogP contribution < -0.4 is 5.32 Å². The number of para-hydroxylation sites is 1. The SMILES string of the molecule is COC(=O)c1ccc([C@H]2C3Nc4ccccc4C3C[C@@H](C(=O)OC)N2C(=O)CCl)cc1. The number of fused-ring (bicyclic) bond motifs is 3. The van der Waals surface area contributed by atoms with E-state index in [0.29, 0.717) is 12.0 Å². The van der Waals surface area contributed by atoms with Crippen LogP contribution >= 0.6 is 11.6 Å². The molecule has 0 aliphatic carbocycles. The predicted octanol–water partition coefficient (Wildman–Crippen LogP) is 3.10. The number of methoxy groups -OCH3 is 2. The number of benzene rings is 2. The second-order valence-corrected chi connectivity index (χ2v) is 7.90. The molecular weight excluding hydrogens is 420 g/mol. The monoisotopic (exact) mass is 442 g/mol. The van der Waals surface area contributed by atoms with Gasteiger partial charge in [-0.3, -0.25) is 4.79 Å². The van der Waals surface area contributed by atoms with Crippen molar-refractivity contribution in [2.45, 2.75) is 30.5 Å². The summed E-state index contributed by atoms with van der Waals surface area (Å²) in [5.74, 6) is -1.52. The van der Waals surface area contributed by atoms with E-state index in [0.717, 1.165) is 16.8 Å². The van der Waals surface area contributed by atoms with Crippen LogP contribution in [0, 0.1) is 0 Å². The minimum Gasteiger partial charge on any atom is -0.467 e. The number of amides is 1. The molecule has 2 aromatic carbocycles. The largest absolute Gasteiger partial charge is 0.467 e. The quantitative estimate of drug-likeness (QED) is 0.578. The van der Waals surface area contributed by atoms with Crippen LogP contribution in [0.25, 0.3) is 0 Å². The number of ether oxygens (including phenoxy) is 2. The summed E-state index contributed by atoms with van der Waals surface area (Å²) in [4.78, 5) is 39.1. The lowest BCUT2D eigenvalue weighted by atomic mass is 9.77. The van der Waals surface area contributed by atoms with E-state index in [1.54, 1.807) is 24.3 Å². The van der Waals surface area contributed by atoms with Gasteiger partial charge in [0.1, 0.15) is 11.9 Å². The lowest BCUT2D eigenvalue weighted by molar-refractivity contribution is -0.157. The summed E-state index contributed by atoms with van der Waals surface area (Å²) in [7, 11) is 2.64. The number of piperidine rings is 1. The first kappa shape index (κ1) is 21.2. The van der Waals surface area contributed by atoms with Gasteiger partial charge in [0.25, 0.3) is 0 Å². The summed E-state index contributed by atoms with van der Waals surface area (Å²) in [5, 5.41) is 3.54. The number of nitrogens with one attached hydrogen (secondary N) is 1. The lowest BCUT2D eigenvalue weighted by Crippen LogP contribution is -2.57. The Morgan fingerprint density at radius 3 is 2.42 bits per heavy atom. The van der Waals surface area contributed by atoms with E-state index >= 15 is 0 Å². The van der Waals surface area contributed by atoms with Crippen LogP contribution in [0.1, 0.15) is 39.9 Å². The first-order valence-electron chi connectivity index (χ1n) is 9.98. The third-order valence-corrected chi connectivity index (χ3v) is 6.35. The number of rotatable bonds is 4. The Kier molecular flexibility index (Phi) is 5.87. The average molecular weight is 443 g/mol. The molecule has 4 atom stereocenters. The van der Waals surface area contributed by atoms with Gasteiger partial charge in [0, 0.05) is 11.6 Å². The molecule has 31 heavy (non-hydrogen) atoms. The van der Waals surface area contributed by atoms with Crippen molar-refractivity contribution >= 4 is 35.1 Å². The molecule has 1 N–H and O–H groups in total. The molecule has 2 unspecified atom stereocenters. The Morgan fingerprint density at radius 1 is 1.06 bits per heavy atom. The van der Waals surface area contributed by atoms with Gasteiger partial charge in [0.15, 0.2) is 0 Å². The van der Waals surface area contributed by atoms with Crippen molar-refractivity contribution in [1.29, 1.82) is 0 Å². The van der Waals surface area contributed by atoms with Crippen molar-refractivity contribution in [2.24, 2.45) is 0 Å². The van der Waals surface area contributed by atoms with E-state index in [9.17, 15) is 14.4 Å². The number of hydrogen-bond acceptors (Lipinski definition) is 6. The van der Waals surface area contributed by atoms with Gasteiger partial charge < -0.3 is 19.7 Å². The number of carbonyl (C=O) groups excluding carboxylic acids is 3. The minimum atomic E-state index is -0.768. The number of anilines is 1. The van der Waals surface area contributed by atoms with Crippen LogP contribution in [-0.2, 0) is 19.1 Å². The minimum absolute atomic E-state index is 0.00459. The predicted molar refractivity (Wildman–Crippen MR) is 115 cm³/mol. The number of carbonyl (C=O) groups is 3. The lowest BCUT2D eigenvalue weighted by Gasteiger charge is -2.47. The molecule has 0 radical (unpaired) electrons. The normalized spacial score (nSPS) is 23.9. The smallest absolute Gasteiger partial charge is 0.337 e. The maximum atomic E-state index is 12.9. The molecule has 8 heteroatoms. The Morgan fingerprint density at radius 2 is 1.77 bits per heavy atom. The molecular formula is C23H23ClN2O5. The molecule has 4 rings (SSSR count). The molecule has 1 fully saturated rings. The van der Waals surface area contributed by atoms with Crippen molar-refractivity contribution in [3.63, 3.8) is 0 Å². The summed E-state index contributed by atoms with van der Waals surface area (Å²) in [6.07, 6.45) is 0.431. The highest BCUT2D eigenvalue weighted by Crippen LogP contribution is 2.50. The molecule has 2 aliphatic heterocycles. The Labute approximate surface area is 185 Å². The van der Waals surface area contributed by atoms with Crippen molar-refractivity contribution < 1.29 is 23.9 Å². The molecule has 2 heterocycles. The first-order chi connectivity index (χ1) is 15.0. The number of likely N-dealkylation sites (tertiary alicyclic amines) is 1. The summed E-state index contributed by atoms with van der Waals surface area (Å²) in [5.41, 5.74) is 3.28. The molecule has 2 aromatic rings. The zero-order valence-electron chi connectivity index (χ0n) is 17.2. The van der Waals surface area contributed by atoms with Gasteiger partial charge >= 0.3 is 11.9 Å². The Hall–Kier alpha value is -3.06. The van der Waals surface area contributed by atoms with Crippen LogP contribution in [0.5, 0.6) is 0 Å². The Bertz CT molecular complexity index is 1010. The van der Waals surface area contributed by atoms with Gasteiger partial charge in [-0.15, -0.1) is 11.6 Å². The van der Waals surface area contributed by atoms with Gasteiger partial charge in [-0.2, -0.15) is 0 Å². The van der Waals surface area contributed by atoms with Gasteiger partial charge in [-0.1, -0.05) is 30.3 Å². The zero-order valence-corrected chi connectivity index (χ0v) is 18.0. The summed E-state index contributed by atoms with van der Waals surface area (Å²) in [6.45, 7) is 0.